The van der Waals surface area contributed by atoms with E-state index < -0.39 is 16.7 Å². The SMILES string of the molecule is Cc1ccccc1-c1cccc(C[S@](=O)CC(N)=O)c1. The number of primary amides is 1. The van der Waals surface area contributed by atoms with Gasteiger partial charge in [0.05, 0.1) is 0 Å². The summed E-state index contributed by atoms with van der Waals surface area (Å²) in [6.45, 7) is 2.06. The minimum absolute atomic E-state index is 0.0887. The molecule has 0 saturated heterocycles. The Balaban J connectivity index is 2.23. The summed E-state index contributed by atoms with van der Waals surface area (Å²) >= 11 is 0. The maximum absolute atomic E-state index is 11.7. The second-order valence-corrected chi connectivity index (χ2v) is 6.17. The fourth-order valence-electron chi connectivity index (χ4n) is 2.12. The molecule has 2 aromatic rings. The van der Waals surface area contributed by atoms with Crippen molar-refractivity contribution in [3.63, 3.8) is 0 Å². The number of carbonyl (C=O) groups excluding carboxylic acids is 1. The van der Waals surface area contributed by atoms with Crippen molar-refractivity contribution in [3.05, 3.63) is 59.7 Å². The first-order valence-corrected chi connectivity index (χ1v) is 7.83. The molecule has 0 aromatic heterocycles. The highest BCUT2D eigenvalue weighted by Gasteiger charge is 2.07. The van der Waals surface area contributed by atoms with Gasteiger partial charge in [0.15, 0.2) is 0 Å². The molecule has 4 heteroatoms. The molecule has 0 aliphatic rings. The summed E-state index contributed by atoms with van der Waals surface area (Å²) < 4.78 is 11.7. The molecule has 0 saturated carbocycles. The van der Waals surface area contributed by atoms with Crippen LogP contribution in [0.25, 0.3) is 11.1 Å². The van der Waals surface area contributed by atoms with Gasteiger partial charge in [0.25, 0.3) is 0 Å². The topological polar surface area (TPSA) is 60.2 Å². The first-order valence-electron chi connectivity index (χ1n) is 6.34. The van der Waals surface area contributed by atoms with Gasteiger partial charge in [-0.3, -0.25) is 9.00 Å². The molecule has 0 radical (unpaired) electrons. The van der Waals surface area contributed by atoms with Crippen molar-refractivity contribution < 1.29 is 9.00 Å². The molecule has 2 N–H and O–H groups in total. The van der Waals surface area contributed by atoms with Gasteiger partial charge in [-0.1, -0.05) is 48.5 Å². The number of hydrogen-bond donors (Lipinski definition) is 1. The molecule has 20 heavy (non-hydrogen) atoms. The predicted octanol–water partition coefficient (Wildman–Crippen LogP) is 2.40. The van der Waals surface area contributed by atoms with Gasteiger partial charge in [-0.2, -0.15) is 0 Å². The van der Waals surface area contributed by atoms with Gasteiger partial charge in [0.2, 0.25) is 5.91 Å². The lowest BCUT2D eigenvalue weighted by Gasteiger charge is -2.08. The normalized spacial score (nSPS) is 12.1. The second-order valence-electron chi connectivity index (χ2n) is 4.71. The summed E-state index contributed by atoms with van der Waals surface area (Å²) in [6, 6.07) is 16.0. The number of hydrogen-bond acceptors (Lipinski definition) is 2. The largest absolute Gasteiger partial charge is 0.369 e. The highest BCUT2D eigenvalue weighted by molar-refractivity contribution is 7.84. The Morgan fingerprint density at radius 1 is 1.15 bits per heavy atom. The number of benzene rings is 2. The highest BCUT2D eigenvalue weighted by atomic mass is 32.2. The predicted molar refractivity (Wildman–Crippen MR) is 82.5 cm³/mol. The van der Waals surface area contributed by atoms with E-state index >= 15 is 0 Å². The van der Waals surface area contributed by atoms with E-state index in [1.807, 2.05) is 36.4 Å². The third-order valence-corrected chi connectivity index (χ3v) is 4.28. The van der Waals surface area contributed by atoms with Crippen LogP contribution in [0.15, 0.2) is 48.5 Å². The van der Waals surface area contributed by atoms with Crippen LogP contribution in [0.2, 0.25) is 0 Å². The lowest BCUT2D eigenvalue weighted by atomic mass is 9.99. The van der Waals surface area contributed by atoms with E-state index in [4.69, 9.17) is 5.73 Å². The number of nitrogens with two attached hydrogens (primary N) is 1. The number of rotatable bonds is 5. The van der Waals surface area contributed by atoms with Crippen LogP contribution in [0.1, 0.15) is 11.1 Å². The Hall–Kier alpha value is -1.94. The van der Waals surface area contributed by atoms with Crippen LogP contribution in [0, 0.1) is 6.92 Å². The van der Waals surface area contributed by atoms with Gasteiger partial charge in [0.1, 0.15) is 5.75 Å². The molecular weight excluding hydrogens is 270 g/mol. The third-order valence-electron chi connectivity index (χ3n) is 3.01. The fraction of sp³-hybridized carbons (Fsp3) is 0.188. The van der Waals surface area contributed by atoms with E-state index in [1.54, 1.807) is 0 Å². The van der Waals surface area contributed by atoms with E-state index in [2.05, 4.69) is 19.1 Å². The van der Waals surface area contributed by atoms with Gasteiger partial charge in [0, 0.05) is 16.6 Å². The van der Waals surface area contributed by atoms with Crippen LogP contribution < -0.4 is 5.73 Å². The van der Waals surface area contributed by atoms with E-state index in [0.717, 1.165) is 16.7 Å². The minimum atomic E-state index is -1.25. The van der Waals surface area contributed by atoms with Crippen LogP contribution in [-0.2, 0) is 21.3 Å². The standard InChI is InChI=1S/C16H17NO2S/c1-12-5-2-3-8-15(12)14-7-4-6-13(9-14)10-20(19)11-16(17)18/h2-9H,10-11H2,1H3,(H2,17,18)/t20-/m0/s1. The summed E-state index contributed by atoms with van der Waals surface area (Å²) in [7, 11) is -1.25. The molecule has 2 aromatic carbocycles. The molecule has 0 aliphatic carbocycles. The maximum Gasteiger partial charge on any atom is 0.230 e. The fourth-order valence-corrected chi connectivity index (χ4v) is 3.09. The molecule has 1 amide bonds. The average molecular weight is 287 g/mol. The molecule has 104 valence electrons. The maximum atomic E-state index is 11.7. The molecule has 0 spiro atoms. The van der Waals surface area contributed by atoms with E-state index in [1.165, 1.54) is 5.56 Å². The summed E-state index contributed by atoms with van der Waals surface area (Å²) in [5, 5.41) is 0. The quantitative estimate of drug-likeness (QED) is 0.918. The molecular formula is C16H17NO2S. The lowest BCUT2D eigenvalue weighted by molar-refractivity contribution is -0.115. The van der Waals surface area contributed by atoms with Gasteiger partial charge >= 0.3 is 0 Å². The Morgan fingerprint density at radius 2 is 1.90 bits per heavy atom. The molecule has 2 rings (SSSR count). The van der Waals surface area contributed by atoms with Crippen molar-refractivity contribution in [1.29, 1.82) is 0 Å². The van der Waals surface area contributed by atoms with Crippen molar-refractivity contribution >= 4 is 16.7 Å². The number of amides is 1. The summed E-state index contributed by atoms with van der Waals surface area (Å²) in [6.07, 6.45) is 0. The van der Waals surface area contributed by atoms with Crippen LogP contribution >= 0.6 is 0 Å². The highest BCUT2D eigenvalue weighted by Crippen LogP contribution is 2.24. The Bertz CT molecular complexity index is 652. The molecule has 3 nitrogen and oxygen atoms in total. The van der Waals surface area contributed by atoms with Gasteiger partial charge in [-0.05, 0) is 29.2 Å². The molecule has 0 fully saturated rings. The summed E-state index contributed by atoms with van der Waals surface area (Å²) in [4.78, 5) is 10.8. The van der Waals surface area contributed by atoms with Crippen molar-refractivity contribution in [2.24, 2.45) is 5.73 Å². The monoisotopic (exact) mass is 287 g/mol. The molecule has 0 aliphatic heterocycles. The molecule has 0 bridgehead atoms. The van der Waals surface area contributed by atoms with Gasteiger partial charge in [-0.15, -0.1) is 0 Å². The smallest absolute Gasteiger partial charge is 0.230 e. The van der Waals surface area contributed by atoms with Crippen LogP contribution in [0.4, 0.5) is 0 Å². The Kier molecular flexibility index (Phi) is 4.69. The van der Waals surface area contributed by atoms with Gasteiger partial charge in [-0.25, -0.2) is 0 Å². The zero-order valence-electron chi connectivity index (χ0n) is 11.3. The summed E-state index contributed by atoms with van der Waals surface area (Å²) in [5.41, 5.74) is 9.46. The summed E-state index contributed by atoms with van der Waals surface area (Å²) in [5.74, 6) is -0.268. The molecule has 0 unspecified atom stereocenters. The van der Waals surface area contributed by atoms with E-state index in [0.29, 0.717) is 5.75 Å². The van der Waals surface area contributed by atoms with Crippen molar-refractivity contribution in [2.45, 2.75) is 12.7 Å². The van der Waals surface area contributed by atoms with Crippen LogP contribution in [0.5, 0.6) is 0 Å². The van der Waals surface area contributed by atoms with Crippen LogP contribution in [0.3, 0.4) is 0 Å². The zero-order valence-corrected chi connectivity index (χ0v) is 12.2. The average Bonchev–Trinajstić information content (AvgIpc) is 2.38. The molecule has 0 heterocycles. The first-order chi connectivity index (χ1) is 9.56. The zero-order chi connectivity index (χ0) is 14.5. The van der Waals surface area contributed by atoms with Crippen molar-refractivity contribution in [1.82, 2.24) is 0 Å². The van der Waals surface area contributed by atoms with Crippen molar-refractivity contribution in [2.75, 3.05) is 5.75 Å². The van der Waals surface area contributed by atoms with E-state index in [-0.39, 0.29) is 5.75 Å². The Labute approximate surface area is 121 Å². The van der Waals surface area contributed by atoms with Crippen LogP contribution in [-0.4, -0.2) is 15.9 Å². The van der Waals surface area contributed by atoms with E-state index in [9.17, 15) is 9.00 Å². The second kappa shape index (κ2) is 6.48. The number of aryl methyl sites for hydroxylation is 1. The Morgan fingerprint density at radius 3 is 2.60 bits per heavy atom. The third kappa shape index (κ3) is 3.78. The van der Waals surface area contributed by atoms with Gasteiger partial charge < -0.3 is 5.73 Å². The lowest BCUT2D eigenvalue weighted by Crippen LogP contribution is -2.20. The van der Waals surface area contributed by atoms with Crippen molar-refractivity contribution in [3.8, 4) is 11.1 Å². The first kappa shape index (κ1) is 14.5. The number of carbonyl (C=O) groups is 1. The minimum Gasteiger partial charge on any atom is -0.369 e. The molecule has 1 atom stereocenters.